The number of hydrogen-bond acceptors (Lipinski definition) is 2. The number of benzene rings is 1. The van der Waals surface area contributed by atoms with Crippen LogP contribution in [0.5, 0.6) is 5.75 Å². The number of ketones is 1. The summed E-state index contributed by atoms with van der Waals surface area (Å²) in [6.07, 6.45) is 6.65. The largest absolute Gasteiger partial charge is 0.493 e. The lowest BCUT2D eigenvalue weighted by molar-refractivity contribution is 0.0971. The lowest BCUT2D eigenvalue weighted by Crippen LogP contribution is -2.19. The average Bonchev–Trinajstić information content (AvgIpc) is 2.28. The Hall–Kier alpha value is -1.31. The Kier molecular flexibility index (Phi) is 2.87. The van der Waals surface area contributed by atoms with E-state index in [1.165, 1.54) is 24.8 Å². The first-order chi connectivity index (χ1) is 8.33. The van der Waals surface area contributed by atoms with Gasteiger partial charge in [-0.15, -0.1) is 0 Å². The van der Waals surface area contributed by atoms with Gasteiger partial charge in [-0.3, -0.25) is 4.79 Å². The van der Waals surface area contributed by atoms with Crippen molar-refractivity contribution in [2.75, 3.05) is 6.61 Å². The molecule has 0 saturated heterocycles. The monoisotopic (exact) mass is 230 g/mol. The summed E-state index contributed by atoms with van der Waals surface area (Å²) in [5, 5.41) is 0. The maximum atomic E-state index is 11.8. The molecule has 0 bridgehead atoms. The molecule has 2 aliphatic rings. The van der Waals surface area contributed by atoms with Crippen LogP contribution in [0.2, 0.25) is 0 Å². The van der Waals surface area contributed by atoms with Crippen LogP contribution in [-0.4, -0.2) is 12.4 Å². The predicted octanol–water partition coefficient (Wildman–Crippen LogP) is 3.38. The van der Waals surface area contributed by atoms with Crippen molar-refractivity contribution in [1.82, 2.24) is 0 Å². The van der Waals surface area contributed by atoms with Gasteiger partial charge in [0.25, 0.3) is 0 Å². The fourth-order valence-electron chi connectivity index (χ4n) is 2.57. The number of hydrogen-bond donors (Lipinski definition) is 0. The number of carbonyl (C=O) groups is 1. The maximum Gasteiger partial charge on any atom is 0.163 e. The third kappa shape index (κ3) is 2.21. The molecule has 0 heterocycles. The highest BCUT2D eigenvalue weighted by Crippen LogP contribution is 2.29. The lowest BCUT2D eigenvalue weighted by atomic mass is 9.86. The van der Waals surface area contributed by atoms with Gasteiger partial charge in [-0.25, -0.2) is 0 Å². The van der Waals surface area contributed by atoms with E-state index in [0.717, 1.165) is 36.7 Å². The summed E-state index contributed by atoms with van der Waals surface area (Å²) in [6, 6.07) is 6.01. The van der Waals surface area contributed by atoms with Crippen molar-refractivity contribution < 1.29 is 9.53 Å². The molecule has 3 rings (SSSR count). The zero-order chi connectivity index (χ0) is 11.7. The van der Waals surface area contributed by atoms with Crippen molar-refractivity contribution in [3.63, 3.8) is 0 Å². The van der Waals surface area contributed by atoms with Gasteiger partial charge in [0, 0.05) is 12.0 Å². The lowest BCUT2D eigenvalue weighted by Gasteiger charge is -2.25. The minimum atomic E-state index is 0.278. The molecule has 2 nitrogen and oxygen atoms in total. The summed E-state index contributed by atoms with van der Waals surface area (Å²) in [5.74, 6) is 1.88. The quantitative estimate of drug-likeness (QED) is 0.795. The molecule has 2 heteroatoms. The van der Waals surface area contributed by atoms with E-state index < -0.39 is 0 Å². The van der Waals surface area contributed by atoms with Crippen molar-refractivity contribution in [3.8, 4) is 5.75 Å². The van der Waals surface area contributed by atoms with E-state index in [-0.39, 0.29) is 5.78 Å². The van der Waals surface area contributed by atoms with Crippen LogP contribution >= 0.6 is 0 Å². The highest BCUT2D eigenvalue weighted by molar-refractivity contribution is 5.98. The molecule has 2 aliphatic carbocycles. The topological polar surface area (TPSA) is 26.3 Å². The van der Waals surface area contributed by atoms with Gasteiger partial charge >= 0.3 is 0 Å². The summed E-state index contributed by atoms with van der Waals surface area (Å²) in [7, 11) is 0. The number of carbonyl (C=O) groups excluding carboxylic acids is 1. The highest BCUT2D eigenvalue weighted by Gasteiger charge is 2.20. The van der Waals surface area contributed by atoms with Gasteiger partial charge in [0.05, 0.1) is 6.61 Å². The summed E-state index contributed by atoms with van der Waals surface area (Å²) in [6.45, 7) is 0.812. The molecule has 1 aromatic rings. The Balaban J connectivity index is 1.72. The fraction of sp³-hybridized carbons (Fsp3) is 0.533. The Labute approximate surface area is 102 Å². The zero-order valence-electron chi connectivity index (χ0n) is 10.1. The zero-order valence-corrected chi connectivity index (χ0v) is 10.1. The second-order valence-corrected chi connectivity index (χ2v) is 5.20. The van der Waals surface area contributed by atoms with Crippen LogP contribution in [0.25, 0.3) is 0 Å². The first kappa shape index (κ1) is 10.8. The first-order valence-corrected chi connectivity index (χ1v) is 6.62. The molecule has 90 valence electrons. The van der Waals surface area contributed by atoms with Gasteiger partial charge < -0.3 is 4.74 Å². The number of fused-ring (bicyclic) bond motifs is 1. The molecular weight excluding hydrogens is 212 g/mol. The third-order valence-corrected chi connectivity index (χ3v) is 3.94. The fourth-order valence-corrected chi connectivity index (χ4v) is 2.57. The van der Waals surface area contributed by atoms with E-state index in [9.17, 15) is 4.79 Å². The molecule has 0 spiro atoms. The highest BCUT2D eigenvalue weighted by atomic mass is 16.5. The minimum Gasteiger partial charge on any atom is -0.493 e. The molecule has 0 radical (unpaired) electrons. The van der Waals surface area contributed by atoms with E-state index in [2.05, 4.69) is 6.07 Å². The van der Waals surface area contributed by atoms with E-state index in [1.54, 1.807) is 0 Å². The summed E-state index contributed by atoms with van der Waals surface area (Å²) in [5.41, 5.74) is 2.08. The Bertz CT molecular complexity index is 433. The molecule has 1 aromatic carbocycles. The Morgan fingerprint density at radius 3 is 2.82 bits per heavy atom. The van der Waals surface area contributed by atoms with Gasteiger partial charge in [-0.1, -0.05) is 12.5 Å². The number of Topliss-reactive ketones (excluding diaryl/α,β-unsaturated/α-hetero) is 1. The Morgan fingerprint density at radius 1 is 1.18 bits per heavy atom. The van der Waals surface area contributed by atoms with Gasteiger partial charge in [0.1, 0.15) is 5.75 Å². The molecule has 1 fully saturated rings. The van der Waals surface area contributed by atoms with Crippen LogP contribution in [0.15, 0.2) is 18.2 Å². The van der Waals surface area contributed by atoms with E-state index in [4.69, 9.17) is 4.74 Å². The standard InChI is InChI=1S/C15H18O2/c16-15-6-2-5-12-7-8-13(9-14(12)15)17-10-11-3-1-4-11/h7-9,11H,1-6,10H2. The second-order valence-electron chi connectivity index (χ2n) is 5.20. The van der Waals surface area contributed by atoms with Crippen LogP contribution in [-0.2, 0) is 6.42 Å². The summed E-state index contributed by atoms with van der Waals surface area (Å²) < 4.78 is 5.77. The van der Waals surface area contributed by atoms with Crippen LogP contribution in [0.1, 0.15) is 48.0 Å². The number of aryl methyl sites for hydroxylation is 1. The SMILES string of the molecule is O=C1CCCc2ccc(OCC3CCC3)cc21. The third-order valence-electron chi connectivity index (χ3n) is 3.94. The Morgan fingerprint density at radius 2 is 2.06 bits per heavy atom. The van der Waals surface area contributed by atoms with Gasteiger partial charge in [0.2, 0.25) is 0 Å². The number of rotatable bonds is 3. The molecule has 0 unspecified atom stereocenters. The minimum absolute atomic E-state index is 0.278. The average molecular weight is 230 g/mol. The molecule has 0 amide bonds. The molecule has 1 saturated carbocycles. The molecule has 17 heavy (non-hydrogen) atoms. The van der Waals surface area contributed by atoms with Crippen molar-refractivity contribution >= 4 is 5.78 Å². The van der Waals surface area contributed by atoms with Gasteiger partial charge in [0.15, 0.2) is 5.78 Å². The van der Waals surface area contributed by atoms with Crippen LogP contribution in [0.4, 0.5) is 0 Å². The van der Waals surface area contributed by atoms with E-state index in [1.807, 2.05) is 12.1 Å². The molecule has 0 aromatic heterocycles. The van der Waals surface area contributed by atoms with E-state index >= 15 is 0 Å². The van der Waals surface area contributed by atoms with Crippen molar-refractivity contribution in [2.24, 2.45) is 5.92 Å². The normalized spacial score (nSPS) is 19.6. The smallest absolute Gasteiger partial charge is 0.163 e. The second kappa shape index (κ2) is 4.52. The first-order valence-electron chi connectivity index (χ1n) is 6.62. The van der Waals surface area contributed by atoms with Crippen molar-refractivity contribution in [2.45, 2.75) is 38.5 Å². The van der Waals surface area contributed by atoms with Crippen molar-refractivity contribution in [1.29, 1.82) is 0 Å². The molecule has 0 atom stereocenters. The molecular formula is C15H18O2. The van der Waals surface area contributed by atoms with Crippen molar-refractivity contribution in [3.05, 3.63) is 29.3 Å². The van der Waals surface area contributed by atoms with Gasteiger partial charge in [-0.05, 0) is 49.3 Å². The predicted molar refractivity (Wildman–Crippen MR) is 66.5 cm³/mol. The van der Waals surface area contributed by atoms with Gasteiger partial charge in [-0.2, -0.15) is 0 Å². The van der Waals surface area contributed by atoms with Crippen LogP contribution < -0.4 is 4.74 Å². The maximum absolute atomic E-state index is 11.8. The summed E-state index contributed by atoms with van der Waals surface area (Å²) in [4.78, 5) is 11.8. The van der Waals surface area contributed by atoms with Crippen LogP contribution in [0.3, 0.4) is 0 Å². The molecule has 0 aliphatic heterocycles. The van der Waals surface area contributed by atoms with Crippen LogP contribution in [0, 0.1) is 5.92 Å². The van der Waals surface area contributed by atoms with E-state index in [0.29, 0.717) is 6.42 Å². The molecule has 0 N–H and O–H groups in total. The number of ether oxygens (including phenoxy) is 1. The summed E-state index contributed by atoms with van der Waals surface area (Å²) >= 11 is 0.